The summed E-state index contributed by atoms with van der Waals surface area (Å²) in [5.41, 5.74) is 1.86. The first-order chi connectivity index (χ1) is 9.65. The lowest BCUT2D eigenvalue weighted by atomic mass is 9.99. The number of hydrogen-bond donors (Lipinski definition) is 0. The molecule has 2 aliphatic rings. The molecule has 1 fully saturated rings. The summed E-state index contributed by atoms with van der Waals surface area (Å²) in [6, 6.07) is 4.64. The quantitative estimate of drug-likeness (QED) is 0.798. The lowest BCUT2D eigenvalue weighted by Crippen LogP contribution is -2.41. The van der Waals surface area contributed by atoms with E-state index in [1.807, 2.05) is 4.90 Å². The molecule has 0 aromatic heterocycles. The summed E-state index contributed by atoms with van der Waals surface area (Å²) in [7, 11) is 0. The Hall–Kier alpha value is -1.85. The van der Waals surface area contributed by atoms with Gasteiger partial charge < -0.3 is 14.4 Å². The number of rotatable bonds is 3. The highest BCUT2D eigenvalue weighted by Gasteiger charge is 2.34. The van der Waals surface area contributed by atoms with Gasteiger partial charge in [-0.3, -0.25) is 0 Å². The maximum absolute atomic E-state index is 12.2. The van der Waals surface area contributed by atoms with Crippen LogP contribution < -0.4 is 9.64 Å². The number of carbonyl (C=O) groups is 1. The van der Waals surface area contributed by atoms with Crippen molar-refractivity contribution in [2.24, 2.45) is 0 Å². The highest BCUT2D eigenvalue weighted by atomic mass is 19.3. The summed E-state index contributed by atoms with van der Waals surface area (Å²) in [6.07, 6.45) is 2.36. The van der Waals surface area contributed by atoms with Crippen molar-refractivity contribution in [3.63, 3.8) is 0 Å². The van der Waals surface area contributed by atoms with Crippen molar-refractivity contribution >= 4 is 11.7 Å². The highest BCUT2D eigenvalue weighted by molar-refractivity contribution is 5.82. The molecule has 3 rings (SSSR count). The molecule has 20 heavy (non-hydrogen) atoms. The fraction of sp³-hybridized carbons (Fsp3) is 0.500. The molecule has 1 saturated heterocycles. The number of anilines is 1. The van der Waals surface area contributed by atoms with Crippen LogP contribution in [0.25, 0.3) is 0 Å². The van der Waals surface area contributed by atoms with Crippen LogP contribution in [-0.2, 0) is 16.0 Å². The predicted molar refractivity (Wildman–Crippen MR) is 68.1 cm³/mol. The smallest absolute Gasteiger partial charge is 0.387 e. The van der Waals surface area contributed by atoms with E-state index in [0.717, 1.165) is 30.6 Å². The van der Waals surface area contributed by atoms with Gasteiger partial charge in [-0.2, -0.15) is 8.78 Å². The monoisotopic (exact) mass is 283 g/mol. The van der Waals surface area contributed by atoms with Gasteiger partial charge in [0.2, 0.25) is 0 Å². The standard InChI is InChI=1S/C14H15F2NO3/c15-14(16)20-10-3-4-11-9(8-10)2-1-6-17(11)12-5-7-19-13(12)18/h3-4,8,12,14H,1-2,5-7H2/t12-/m1/s1. The van der Waals surface area contributed by atoms with Gasteiger partial charge in [0.1, 0.15) is 11.8 Å². The maximum atomic E-state index is 12.2. The fourth-order valence-corrected chi connectivity index (χ4v) is 2.87. The summed E-state index contributed by atoms with van der Waals surface area (Å²) >= 11 is 0. The zero-order valence-electron chi connectivity index (χ0n) is 10.9. The van der Waals surface area contributed by atoms with Crippen LogP contribution >= 0.6 is 0 Å². The molecule has 0 saturated carbocycles. The second-order valence-electron chi connectivity index (χ2n) is 4.94. The molecule has 0 bridgehead atoms. The molecule has 2 aliphatic heterocycles. The van der Waals surface area contributed by atoms with Crippen LogP contribution in [0.4, 0.5) is 14.5 Å². The molecule has 0 unspecified atom stereocenters. The summed E-state index contributed by atoms with van der Waals surface area (Å²) in [5.74, 6) is -0.0413. The Labute approximate surface area is 115 Å². The molecule has 0 radical (unpaired) electrons. The van der Waals surface area contributed by atoms with Gasteiger partial charge in [0.25, 0.3) is 0 Å². The molecule has 0 spiro atoms. The van der Waals surface area contributed by atoms with Crippen molar-refractivity contribution in [2.75, 3.05) is 18.1 Å². The number of ether oxygens (including phenoxy) is 2. The van der Waals surface area contributed by atoms with Crippen molar-refractivity contribution in [1.29, 1.82) is 0 Å². The van der Waals surface area contributed by atoms with Gasteiger partial charge in [0.15, 0.2) is 0 Å². The average molecular weight is 283 g/mol. The van der Waals surface area contributed by atoms with E-state index in [4.69, 9.17) is 4.74 Å². The Kier molecular flexibility index (Phi) is 3.46. The molecule has 1 aromatic carbocycles. The van der Waals surface area contributed by atoms with E-state index in [1.165, 1.54) is 6.07 Å². The van der Waals surface area contributed by atoms with Gasteiger partial charge in [-0.1, -0.05) is 0 Å². The van der Waals surface area contributed by atoms with Crippen molar-refractivity contribution < 1.29 is 23.0 Å². The van der Waals surface area contributed by atoms with E-state index in [-0.39, 0.29) is 17.8 Å². The van der Waals surface area contributed by atoms with Gasteiger partial charge in [0.05, 0.1) is 6.61 Å². The minimum Gasteiger partial charge on any atom is -0.464 e. The third-order valence-electron chi connectivity index (χ3n) is 3.71. The number of fused-ring (bicyclic) bond motifs is 1. The summed E-state index contributed by atoms with van der Waals surface area (Å²) in [4.78, 5) is 13.7. The van der Waals surface area contributed by atoms with E-state index in [1.54, 1.807) is 12.1 Å². The molecule has 1 aromatic rings. The lowest BCUT2D eigenvalue weighted by Gasteiger charge is -2.34. The number of esters is 1. The summed E-state index contributed by atoms with van der Waals surface area (Å²) < 4.78 is 33.9. The predicted octanol–water partition coefficient (Wildman–Crippen LogP) is 2.36. The molecular weight excluding hydrogens is 268 g/mol. The van der Waals surface area contributed by atoms with Gasteiger partial charge >= 0.3 is 12.6 Å². The number of hydrogen-bond acceptors (Lipinski definition) is 4. The first-order valence-electron chi connectivity index (χ1n) is 6.66. The van der Waals surface area contributed by atoms with E-state index in [0.29, 0.717) is 13.0 Å². The Morgan fingerprint density at radius 1 is 1.40 bits per heavy atom. The second-order valence-corrected chi connectivity index (χ2v) is 4.94. The Bertz CT molecular complexity index is 521. The van der Waals surface area contributed by atoms with Gasteiger partial charge in [-0.05, 0) is 36.6 Å². The molecule has 0 aliphatic carbocycles. The van der Waals surface area contributed by atoms with Crippen LogP contribution in [0, 0.1) is 0 Å². The molecule has 6 heteroatoms. The van der Waals surface area contributed by atoms with Crippen LogP contribution in [0.1, 0.15) is 18.4 Å². The minimum atomic E-state index is -2.82. The number of carbonyl (C=O) groups excluding carboxylic acids is 1. The average Bonchev–Trinajstić information content (AvgIpc) is 2.83. The van der Waals surface area contributed by atoms with Crippen molar-refractivity contribution in [3.8, 4) is 5.75 Å². The number of benzene rings is 1. The van der Waals surface area contributed by atoms with Gasteiger partial charge in [-0.15, -0.1) is 0 Å². The number of alkyl halides is 2. The lowest BCUT2D eigenvalue weighted by molar-refractivity contribution is -0.139. The number of halogens is 2. The van der Waals surface area contributed by atoms with Crippen molar-refractivity contribution in [1.82, 2.24) is 0 Å². The van der Waals surface area contributed by atoms with Gasteiger partial charge in [-0.25, -0.2) is 4.79 Å². The third kappa shape index (κ3) is 2.42. The fourth-order valence-electron chi connectivity index (χ4n) is 2.87. The first kappa shape index (κ1) is 13.1. The van der Waals surface area contributed by atoms with Crippen LogP contribution in [0.2, 0.25) is 0 Å². The molecular formula is C14H15F2NO3. The van der Waals surface area contributed by atoms with Crippen LogP contribution in [-0.4, -0.2) is 31.8 Å². The van der Waals surface area contributed by atoms with Crippen LogP contribution in [0.3, 0.4) is 0 Å². The van der Waals surface area contributed by atoms with Crippen molar-refractivity contribution in [3.05, 3.63) is 23.8 Å². The maximum Gasteiger partial charge on any atom is 0.387 e. The SMILES string of the molecule is O=C1OCC[C@H]1N1CCCc2cc(OC(F)F)ccc21. The molecule has 2 heterocycles. The van der Waals surface area contributed by atoms with E-state index >= 15 is 0 Å². The van der Waals surface area contributed by atoms with E-state index in [2.05, 4.69) is 4.74 Å². The summed E-state index contributed by atoms with van der Waals surface area (Å²) in [6.45, 7) is -1.60. The number of cyclic esters (lactones) is 1. The zero-order chi connectivity index (χ0) is 14.1. The topological polar surface area (TPSA) is 38.8 Å². The van der Waals surface area contributed by atoms with Crippen molar-refractivity contribution in [2.45, 2.75) is 31.9 Å². The Balaban J connectivity index is 1.87. The largest absolute Gasteiger partial charge is 0.464 e. The number of aryl methyl sites for hydroxylation is 1. The third-order valence-corrected chi connectivity index (χ3v) is 3.71. The molecule has 0 N–H and O–H groups in total. The zero-order valence-corrected chi connectivity index (χ0v) is 10.9. The summed E-state index contributed by atoms with van der Waals surface area (Å²) in [5, 5.41) is 0. The van der Waals surface area contributed by atoms with Gasteiger partial charge in [0, 0.05) is 18.7 Å². The minimum absolute atomic E-state index is 0.162. The van der Waals surface area contributed by atoms with E-state index in [9.17, 15) is 13.6 Å². The van der Waals surface area contributed by atoms with E-state index < -0.39 is 6.61 Å². The molecule has 1 atom stereocenters. The van der Waals surface area contributed by atoms with Crippen LogP contribution in [0.15, 0.2) is 18.2 Å². The second kappa shape index (κ2) is 5.26. The molecule has 108 valence electrons. The first-order valence-corrected chi connectivity index (χ1v) is 6.66. The Morgan fingerprint density at radius 3 is 2.95 bits per heavy atom. The van der Waals surface area contributed by atoms with Crippen LogP contribution in [0.5, 0.6) is 5.75 Å². The molecule has 4 nitrogen and oxygen atoms in total. The number of nitrogens with zero attached hydrogens (tertiary/aromatic N) is 1. The normalized spacial score (nSPS) is 21.9. The molecule has 0 amide bonds. The Morgan fingerprint density at radius 2 is 2.25 bits per heavy atom. The highest BCUT2D eigenvalue weighted by Crippen LogP contribution is 2.34.